The Balaban J connectivity index is 2.25. The smallest absolute Gasteiger partial charge is 0.280 e. The Labute approximate surface area is 111 Å². The van der Waals surface area contributed by atoms with E-state index < -0.39 is 0 Å². The van der Waals surface area contributed by atoms with Gasteiger partial charge in [-0.3, -0.25) is 0 Å². The SMILES string of the molecule is CCCC(OCC)c1noc(-c2ncccc2O)n1. The van der Waals surface area contributed by atoms with E-state index in [0.29, 0.717) is 12.4 Å². The fourth-order valence-corrected chi connectivity index (χ4v) is 1.77. The lowest BCUT2D eigenvalue weighted by Gasteiger charge is -2.11. The zero-order chi connectivity index (χ0) is 13.7. The van der Waals surface area contributed by atoms with E-state index in [-0.39, 0.29) is 23.4 Å². The lowest BCUT2D eigenvalue weighted by Crippen LogP contribution is -2.06. The maximum atomic E-state index is 9.70. The van der Waals surface area contributed by atoms with Gasteiger partial charge in [-0.25, -0.2) is 4.98 Å². The van der Waals surface area contributed by atoms with Gasteiger partial charge in [0.25, 0.3) is 5.89 Å². The third-order valence-electron chi connectivity index (χ3n) is 2.64. The highest BCUT2D eigenvalue weighted by atomic mass is 16.5. The Hall–Kier alpha value is -1.95. The van der Waals surface area contributed by atoms with E-state index in [0.717, 1.165) is 12.8 Å². The summed E-state index contributed by atoms with van der Waals surface area (Å²) < 4.78 is 10.7. The molecular formula is C13H17N3O3. The molecule has 0 aliphatic heterocycles. The first kappa shape index (κ1) is 13.5. The monoisotopic (exact) mass is 263 g/mol. The van der Waals surface area contributed by atoms with Crippen molar-refractivity contribution in [3.05, 3.63) is 24.2 Å². The largest absolute Gasteiger partial charge is 0.505 e. The number of hydrogen-bond acceptors (Lipinski definition) is 6. The van der Waals surface area contributed by atoms with Crippen molar-refractivity contribution in [2.24, 2.45) is 0 Å². The molecule has 0 radical (unpaired) electrons. The van der Waals surface area contributed by atoms with Gasteiger partial charge in [0.1, 0.15) is 11.9 Å². The molecule has 2 aromatic heterocycles. The van der Waals surface area contributed by atoms with Gasteiger partial charge in [0.15, 0.2) is 5.69 Å². The fraction of sp³-hybridized carbons (Fsp3) is 0.462. The van der Waals surface area contributed by atoms with E-state index >= 15 is 0 Å². The predicted octanol–water partition coefficient (Wildman–Crippen LogP) is 2.71. The molecule has 0 aromatic carbocycles. The molecule has 0 saturated heterocycles. The van der Waals surface area contributed by atoms with E-state index in [1.54, 1.807) is 12.3 Å². The molecule has 0 aliphatic rings. The summed E-state index contributed by atoms with van der Waals surface area (Å²) in [6.45, 7) is 4.58. The molecule has 0 saturated carbocycles. The molecule has 0 amide bonds. The number of nitrogens with zero attached hydrogens (tertiary/aromatic N) is 3. The van der Waals surface area contributed by atoms with Crippen LogP contribution in [0.3, 0.4) is 0 Å². The van der Waals surface area contributed by atoms with E-state index in [2.05, 4.69) is 22.0 Å². The van der Waals surface area contributed by atoms with Crippen LogP contribution in [0.15, 0.2) is 22.9 Å². The number of pyridine rings is 1. The molecule has 1 N–H and O–H groups in total. The van der Waals surface area contributed by atoms with Crippen molar-refractivity contribution in [1.82, 2.24) is 15.1 Å². The van der Waals surface area contributed by atoms with E-state index in [1.165, 1.54) is 6.07 Å². The van der Waals surface area contributed by atoms with Crippen molar-refractivity contribution >= 4 is 0 Å². The van der Waals surface area contributed by atoms with Crippen LogP contribution in [0.4, 0.5) is 0 Å². The average molecular weight is 263 g/mol. The van der Waals surface area contributed by atoms with Gasteiger partial charge in [0.2, 0.25) is 5.82 Å². The van der Waals surface area contributed by atoms with Crippen molar-refractivity contribution in [3.8, 4) is 17.3 Å². The predicted molar refractivity (Wildman–Crippen MR) is 68.5 cm³/mol. The van der Waals surface area contributed by atoms with Crippen LogP contribution in [0.5, 0.6) is 5.75 Å². The van der Waals surface area contributed by atoms with Crippen LogP contribution < -0.4 is 0 Å². The third kappa shape index (κ3) is 3.08. The van der Waals surface area contributed by atoms with Crippen LogP contribution in [0, 0.1) is 0 Å². The van der Waals surface area contributed by atoms with Crippen LogP contribution in [-0.4, -0.2) is 26.8 Å². The van der Waals surface area contributed by atoms with Gasteiger partial charge in [0.05, 0.1) is 0 Å². The normalized spacial score (nSPS) is 12.5. The molecule has 1 atom stereocenters. The van der Waals surface area contributed by atoms with Crippen molar-refractivity contribution in [2.45, 2.75) is 32.8 Å². The van der Waals surface area contributed by atoms with Gasteiger partial charge in [-0.2, -0.15) is 4.98 Å². The van der Waals surface area contributed by atoms with Gasteiger partial charge >= 0.3 is 0 Å². The second-order valence-electron chi connectivity index (χ2n) is 4.06. The molecular weight excluding hydrogens is 246 g/mol. The molecule has 0 aliphatic carbocycles. The maximum Gasteiger partial charge on any atom is 0.280 e. The van der Waals surface area contributed by atoms with Crippen molar-refractivity contribution in [1.29, 1.82) is 0 Å². The van der Waals surface area contributed by atoms with Crippen LogP contribution in [-0.2, 0) is 4.74 Å². The van der Waals surface area contributed by atoms with Crippen molar-refractivity contribution in [2.75, 3.05) is 6.61 Å². The molecule has 0 bridgehead atoms. The van der Waals surface area contributed by atoms with E-state index in [9.17, 15) is 5.11 Å². The van der Waals surface area contributed by atoms with Gasteiger partial charge in [-0.05, 0) is 25.5 Å². The third-order valence-corrected chi connectivity index (χ3v) is 2.64. The minimum Gasteiger partial charge on any atom is -0.505 e. The Morgan fingerprint density at radius 1 is 1.42 bits per heavy atom. The number of ether oxygens (including phenoxy) is 1. The maximum absolute atomic E-state index is 9.70. The van der Waals surface area contributed by atoms with E-state index in [1.807, 2.05) is 6.92 Å². The summed E-state index contributed by atoms with van der Waals surface area (Å²) in [6.07, 6.45) is 3.16. The topological polar surface area (TPSA) is 81.3 Å². The molecule has 0 fully saturated rings. The summed E-state index contributed by atoms with van der Waals surface area (Å²) in [5, 5.41) is 13.6. The van der Waals surface area contributed by atoms with Gasteiger partial charge < -0.3 is 14.4 Å². The van der Waals surface area contributed by atoms with E-state index in [4.69, 9.17) is 9.26 Å². The number of hydrogen-bond donors (Lipinski definition) is 1. The Morgan fingerprint density at radius 2 is 2.26 bits per heavy atom. The number of aromatic nitrogens is 3. The molecule has 6 nitrogen and oxygen atoms in total. The highest BCUT2D eigenvalue weighted by Crippen LogP contribution is 2.27. The first-order valence-electron chi connectivity index (χ1n) is 6.35. The lowest BCUT2D eigenvalue weighted by molar-refractivity contribution is 0.0478. The first-order chi connectivity index (χ1) is 9.26. The quantitative estimate of drug-likeness (QED) is 0.863. The summed E-state index contributed by atoms with van der Waals surface area (Å²) in [7, 11) is 0. The summed E-state index contributed by atoms with van der Waals surface area (Å²) >= 11 is 0. The summed E-state index contributed by atoms with van der Waals surface area (Å²) in [4.78, 5) is 8.28. The fourth-order valence-electron chi connectivity index (χ4n) is 1.77. The average Bonchev–Trinajstić information content (AvgIpc) is 2.88. The van der Waals surface area contributed by atoms with Gasteiger partial charge in [-0.1, -0.05) is 18.5 Å². The number of rotatable bonds is 6. The van der Waals surface area contributed by atoms with Gasteiger partial charge in [0, 0.05) is 12.8 Å². The minimum absolute atomic E-state index is 0.0150. The zero-order valence-electron chi connectivity index (χ0n) is 11.0. The molecule has 0 spiro atoms. The highest BCUT2D eigenvalue weighted by molar-refractivity contribution is 5.55. The van der Waals surface area contributed by atoms with Crippen LogP contribution in [0.2, 0.25) is 0 Å². The van der Waals surface area contributed by atoms with Gasteiger partial charge in [-0.15, -0.1) is 0 Å². The van der Waals surface area contributed by atoms with Crippen molar-refractivity contribution < 1.29 is 14.4 Å². The lowest BCUT2D eigenvalue weighted by atomic mass is 10.2. The molecule has 2 rings (SSSR count). The Morgan fingerprint density at radius 3 is 2.95 bits per heavy atom. The molecule has 1 unspecified atom stereocenters. The van der Waals surface area contributed by atoms with Crippen molar-refractivity contribution in [3.63, 3.8) is 0 Å². The summed E-state index contributed by atoms with van der Waals surface area (Å²) in [6, 6.07) is 3.16. The number of aromatic hydroxyl groups is 1. The first-order valence-corrected chi connectivity index (χ1v) is 6.35. The summed E-state index contributed by atoms with van der Waals surface area (Å²) in [5.74, 6) is 0.707. The molecule has 2 aromatic rings. The Bertz CT molecular complexity index is 521. The second kappa shape index (κ2) is 6.29. The minimum atomic E-state index is -0.182. The zero-order valence-corrected chi connectivity index (χ0v) is 11.0. The Kier molecular flexibility index (Phi) is 4.46. The summed E-state index contributed by atoms with van der Waals surface area (Å²) in [5.41, 5.74) is 0.285. The highest BCUT2D eigenvalue weighted by Gasteiger charge is 2.20. The van der Waals surface area contributed by atoms with Crippen LogP contribution in [0.25, 0.3) is 11.6 Å². The van der Waals surface area contributed by atoms with Crippen LogP contribution in [0.1, 0.15) is 38.6 Å². The molecule has 19 heavy (non-hydrogen) atoms. The standard InChI is InChI=1S/C13H17N3O3/c1-3-6-10(18-4-2)12-15-13(19-16-12)11-9(17)7-5-8-14-11/h5,7-8,10,17H,3-4,6H2,1-2H3. The molecule has 2 heterocycles. The van der Waals surface area contributed by atoms with Crippen LogP contribution >= 0.6 is 0 Å². The second-order valence-corrected chi connectivity index (χ2v) is 4.06. The molecule has 102 valence electrons. The molecule has 6 heteroatoms.